The van der Waals surface area contributed by atoms with Gasteiger partial charge in [-0.2, -0.15) is 4.31 Å². The molecule has 1 heterocycles. The molecule has 1 fully saturated rings. The van der Waals surface area contributed by atoms with E-state index in [1.165, 1.54) is 16.4 Å². The smallest absolute Gasteiger partial charge is 0.243 e. The SMILES string of the molecule is CN(Cc1ccc(N2CCOCC2)cc1)S(=O)(=O)c1ccc(Cl)cc1. The molecule has 0 unspecified atom stereocenters. The van der Waals surface area contributed by atoms with E-state index in [1.807, 2.05) is 24.3 Å². The number of morpholine rings is 1. The average molecular weight is 381 g/mol. The van der Waals surface area contributed by atoms with Crippen LogP contribution >= 0.6 is 11.6 Å². The Morgan fingerprint density at radius 1 is 1.04 bits per heavy atom. The van der Waals surface area contributed by atoms with Crippen LogP contribution in [0.4, 0.5) is 5.69 Å². The van der Waals surface area contributed by atoms with E-state index in [0.717, 1.165) is 37.6 Å². The maximum atomic E-state index is 12.6. The Bertz CT molecular complexity index is 801. The van der Waals surface area contributed by atoms with Crippen molar-refractivity contribution in [1.82, 2.24) is 4.31 Å². The Morgan fingerprint density at radius 2 is 1.64 bits per heavy atom. The van der Waals surface area contributed by atoms with Crippen molar-refractivity contribution in [1.29, 1.82) is 0 Å². The molecule has 134 valence electrons. The summed E-state index contributed by atoms with van der Waals surface area (Å²) in [5, 5.41) is 0.514. The fourth-order valence-corrected chi connectivity index (χ4v) is 4.05. The molecule has 0 spiro atoms. The molecule has 0 saturated carbocycles. The third kappa shape index (κ3) is 4.33. The molecule has 1 aliphatic rings. The molecule has 2 aromatic rings. The summed E-state index contributed by atoms with van der Waals surface area (Å²) in [5.74, 6) is 0. The van der Waals surface area contributed by atoms with Crippen LogP contribution in [0.3, 0.4) is 0 Å². The number of nitrogens with zero attached hydrogens (tertiary/aromatic N) is 2. The zero-order valence-electron chi connectivity index (χ0n) is 14.1. The normalized spacial score (nSPS) is 15.6. The van der Waals surface area contributed by atoms with Gasteiger partial charge in [0.1, 0.15) is 0 Å². The fourth-order valence-electron chi connectivity index (χ4n) is 2.76. The first-order chi connectivity index (χ1) is 12.0. The molecule has 5 nitrogen and oxygen atoms in total. The maximum absolute atomic E-state index is 12.6. The fraction of sp³-hybridized carbons (Fsp3) is 0.333. The highest BCUT2D eigenvalue weighted by atomic mass is 35.5. The summed E-state index contributed by atoms with van der Waals surface area (Å²) in [6.07, 6.45) is 0. The highest BCUT2D eigenvalue weighted by molar-refractivity contribution is 7.89. The van der Waals surface area contributed by atoms with E-state index >= 15 is 0 Å². The molecule has 0 aliphatic carbocycles. The van der Waals surface area contributed by atoms with E-state index in [1.54, 1.807) is 19.2 Å². The molecule has 3 rings (SSSR count). The Labute approximate surface area is 153 Å². The van der Waals surface area contributed by atoms with E-state index in [-0.39, 0.29) is 4.90 Å². The Kier molecular flexibility index (Phi) is 5.64. The van der Waals surface area contributed by atoms with Gasteiger partial charge >= 0.3 is 0 Å². The second kappa shape index (κ2) is 7.74. The first-order valence-electron chi connectivity index (χ1n) is 8.10. The second-order valence-corrected chi connectivity index (χ2v) is 8.46. The zero-order chi connectivity index (χ0) is 17.9. The van der Waals surface area contributed by atoms with Gasteiger partial charge < -0.3 is 9.64 Å². The molecular formula is C18H21ClN2O3S. The van der Waals surface area contributed by atoms with Gasteiger partial charge in [0.15, 0.2) is 0 Å². The molecular weight excluding hydrogens is 360 g/mol. The van der Waals surface area contributed by atoms with Gasteiger partial charge in [-0.25, -0.2) is 8.42 Å². The summed E-state index contributed by atoms with van der Waals surface area (Å²) in [6.45, 7) is 3.55. The first kappa shape index (κ1) is 18.2. The third-order valence-electron chi connectivity index (χ3n) is 4.24. The Morgan fingerprint density at radius 3 is 2.24 bits per heavy atom. The largest absolute Gasteiger partial charge is 0.378 e. The predicted octanol–water partition coefficient (Wildman–Crippen LogP) is 3.00. The van der Waals surface area contributed by atoms with E-state index in [4.69, 9.17) is 16.3 Å². The maximum Gasteiger partial charge on any atom is 0.243 e. The number of ether oxygens (including phenoxy) is 1. The molecule has 7 heteroatoms. The van der Waals surface area contributed by atoms with Crippen molar-refractivity contribution in [2.24, 2.45) is 0 Å². The van der Waals surface area contributed by atoms with Crippen molar-refractivity contribution in [3.63, 3.8) is 0 Å². The van der Waals surface area contributed by atoms with Gasteiger partial charge in [-0.05, 0) is 42.0 Å². The highest BCUT2D eigenvalue weighted by Gasteiger charge is 2.21. The van der Waals surface area contributed by atoms with Gasteiger partial charge in [0.25, 0.3) is 0 Å². The van der Waals surface area contributed by atoms with Crippen molar-refractivity contribution in [3.8, 4) is 0 Å². The number of halogens is 1. The molecule has 1 saturated heterocycles. The van der Waals surface area contributed by atoms with E-state index in [2.05, 4.69) is 4.90 Å². The van der Waals surface area contributed by atoms with Crippen molar-refractivity contribution in [2.45, 2.75) is 11.4 Å². The van der Waals surface area contributed by atoms with Crippen molar-refractivity contribution >= 4 is 27.3 Å². The molecule has 0 atom stereocenters. The van der Waals surface area contributed by atoms with E-state index in [0.29, 0.717) is 11.6 Å². The average Bonchev–Trinajstić information content (AvgIpc) is 2.63. The Hall–Kier alpha value is -1.60. The topological polar surface area (TPSA) is 49.9 Å². The summed E-state index contributed by atoms with van der Waals surface area (Å²) in [6, 6.07) is 14.2. The van der Waals surface area contributed by atoms with Gasteiger partial charge in [0, 0.05) is 37.4 Å². The summed E-state index contributed by atoms with van der Waals surface area (Å²) < 4.78 is 32.0. The van der Waals surface area contributed by atoms with E-state index in [9.17, 15) is 8.42 Å². The standard InChI is InChI=1S/C18H21ClN2O3S/c1-20(25(22,23)18-8-4-16(19)5-9-18)14-15-2-6-17(7-3-15)21-10-12-24-13-11-21/h2-9H,10-14H2,1H3. The summed E-state index contributed by atoms with van der Waals surface area (Å²) in [7, 11) is -1.95. The summed E-state index contributed by atoms with van der Waals surface area (Å²) in [4.78, 5) is 2.51. The minimum atomic E-state index is -3.54. The minimum Gasteiger partial charge on any atom is -0.378 e. The lowest BCUT2D eigenvalue weighted by Gasteiger charge is -2.29. The van der Waals surface area contributed by atoms with Crippen LogP contribution in [-0.4, -0.2) is 46.1 Å². The summed E-state index contributed by atoms with van der Waals surface area (Å²) >= 11 is 5.83. The van der Waals surface area contributed by atoms with Crippen LogP contribution in [0.1, 0.15) is 5.56 Å². The monoisotopic (exact) mass is 380 g/mol. The van der Waals surface area contributed by atoms with Crippen molar-refractivity contribution in [2.75, 3.05) is 38.3 Å². The van der Waals surface area contributed by atoms with Gasteiger partial charge in [-0.1, -0.05) is 23.7 Å². The van der Waals surface area contributed by atoms with E-state index < -0.39 is 10.0 Å². The lowest BCUT2D eigenvalue weighted by atomic mass is 10.2. The van der Waals surface area contributed by atoms with Crippen LogP contribution in [0.15, 0.2) is 53.4 Å². The number of rotatable bonds is 5. The van der Waals surface area contributed by atoms with Gasteiger partial charge in [0.05, 0.1) is 18.1 Å². The lowest BCUT2D eigenvalue weighted by molar-refractivity contribution is 0.122. The van der Waals surface area contributed by atoms with Crippen LogP contribution in [0, 0.1) is 0 Å². The molecule has 0 radical (unpaired) electrons. The molecule has 25 heavy (non-hydrogen) atoms. The quantitative estimate of drug-likeness (QED) is 0.800. The number of hydrogen-bond donors (Lipinski definition) is 0. The molecule has 1 aliphatic heterocycles. The van der Waals surface area contributed by atoms with Crippen LogP contribution in [0.5, 0.6) is 0 Å². The minimum absolute atomic E-state index is 0.240. The number of hydrogen-bond acceptors (Lipinski definition) is 4. The first-order valence-corrected chi connectivity index (χ1v) is 9.92. The molecule has 0 bridgehead atoms. The zero-order valence-corrected chi connectivity index (χ0v) is 15.6. The Balaban J connectivity index is 1.69. The number of benzene rings is 2. The van der Waals surface area contributed by atoms with Crippen LogP contribution < -0.4 is 4.90 Å². The highest BCUT2D eigenvalue weighted by Crippen LogP contribution is 2.21. The molecule has 0 amide bonds. The number of sulfonamides is 1. The van der Waals surface area contributed by atoms with Crippen LogP contribution in [-0.2, 0) is 21.3 Å². The van der Waals surface area contributed by atoms with Crippen LogP contribution in [0.2, 0.25) is 5.02 Å². The van der Waals surface area contributed by atoms with Crippen LogP contribution in [0.25, 0.3) is 0 Å². The summed E-state index contributed by atoms with van der Waals surface area (Å²) in [5.41, 5.74) is 2.08. The molecule has 0 aromatic heterocycles. The number of anilines is 1. The van der Waals surface area contributed by atoms with Gasteiger partial charge in [0.2, 0.25) is 10.0 Å². The van der Waals surface area contributed by atoms with Gasteiger partial charge in [-0.3, -0.25) is 0 Å². The van der Waals surface area contributed by atoms with Crippen molar-refractivity contribution in [3.05, 3.63) is 59.1 Å². The molecule has 2 aromatic carbocycles. The molecule has 0 N–H and O–H groups in total. The van der Waals surface area contributed by atoms with Crippen molar-refractivity contribution < 1.29 is 13.2 Å². The third-order valence-corrected chi connectivity index (χ3v) is 6.31. The lowest BCUT2D eigenvalue weighted by Crippen LogP contribution is -2.36. The van der Waals surface area contributed by atoms with Gasteiger partial charge in [-0.15, -0.1) is 0 Å². The second-order valence-electron chi connectivity index (χ2n) is 5.98. The predicted molar refractivity (Wildman–Crippen MR) is 99.6 cm³/mol.